The first-order valence-corrected chi connectivity index (χ1v) is 7.34. The lowest BCUT2D eigenvalue weighted by atomic mass is 10.0. The van der Waals surface area contributed by atoms with E-state index in [0.29, 0.717) is 22.6 Å². The van der Waals surface area contributed by atoms with Gasteiger partial charge >= 0.3 is 0 Å². The molecule has 0 saturated carbocycles. The van der Waals surface area contributed by atoms with Crippen LogP contribution in [-0.4, -0.2) is 26.4 Å². The Kier molecular flexibility index (Phi) is 5.52. The van der Waals surface area contributed by atoms with Gasteiger partial charge in [0.15, 0.2) is 0 Å². The second-order valence-electron chi connectivity index (χ2n) is 5.13. The van der Waals surface area contributed by atoms with E-state index in [1.54, 1.807) is 27.4 Å². The van der Waals surface area contributed by atoms with E-state index in [-0.39, 0.29) is 5.75 Å². The molecule has 0 radical (unpaired) electrons. The Hall–Kier alpha value is -2.62. The van der Waals surface area contributed by atoms with Crippen LogP contribution in [0, 0.1) is 6.92 Å². The molecular formula is C19H22O4. The van der Waals surface area contributed by atoms with Crippen LogP contribution in [0.1, 0.15) is 16.7 Å². The minimum absolute atomic E-state index is 0.170. The lowest BCUT2D eigenvalue weighted by molar-refractivity contribution is 0.380. The highest BCUT2D eigenvalue weighted by molar-refractivity contribution is 5.69. The molecular weight excluding hydrogens is 292 g/mol. The van der Waals surface area contributed by atoms with Gasteiger partial charge in [0.2, 0.25) is 0 Å². The Balaban J connectivity index is 2.26. The minimum atomic E-state index is 0.170. The topological polar surface area (TPSA) is 47.9 Å². The number of hydrogen-bond donors (Lipinski definition) is 1. The van der Waals surface area contributed by atoms with E-state index in [4.69, 9.17) is 14.2 Å². The summed E-state index contributed by atoms with van der Waals surface area (Å²) in [6, 6.07) is 9.66. The van der Waals surface area contributed by atoms with Crippen molar-refractivity contribution in [1.29, 1.82) is 0 Å². The lowest BCUT2D eigenvalue weighted by Crippen LogP contribution is -1.94. The Morgan fingerprint density at radius 3 is 2.39 bits per heavy atom. The van der Waals surface area contributed by atoms with E-state index in [1.807, 2.05) is 43.3 Å². The zero-order valence-electron chi connectivity index (χ0n) is 13.9. The van der Waals surface area contributed by atoms with Crippen molar-refractivity contribution in [1.82, 2.24) is 0 Å². The predicted molar refractivity (Wildman–Crippen MR) is 91.7 cm³/mol. The number of ether oxygens (including phenoxy) is 3. The molecule has 2 aromatic rings. The summed E-state index contributed by atoms with van der Waals surface area (Å²) in [5.74, 6) is 2.18. The third-order valence-corrected chi connectivity index (χ3v) is 3.72. The van der Waals surface area contributed by atoms with E-state index >= 15 is 0 Å². The number of benzene rings is 2. The van der Waals surface area contributed by atoms with Crippen molar-refractivity contribution in [2.45, 2.75) is 13.3 Å². The fourth-order valence-electron chi connectivity index (χ4n) is 2.39. The summed E-state index contributed by atoms with van der Waals surface area (Å²) in [5, 5.41) is 10.4. The van der Waals surface area contributed by atoms with Crippen molar-refractivity contribution in [3.05, 3.63) is 53.1 Å². The Morgan fingerprint density at radius 1 is 1.00 bits per heavy atom. The molecule has 0 aliphatic carbocycles. The normalized spacial score (nSPS) is 10.8. The third-order valence-electron chi connectivity index (χ3n) is 3.72. The second-order valence-corrected chi connectivity index (χ2v) is 5.13. The third kappa shape index (κ3) is 3.77. The molecule has 1 N–H and O–H groups in total. The molecule has 0 unspecified atom stereocenters. The molecule has 4 heteroatoms. The molecule has 0 bridgehead atoms. The number of methoxy groups -OCH3 is 3. The smallest absolute Gasteiger partial charge is 0.133 e. The van der Waals surface area contributed by atoms with Crippen molar-refractivity contribution < 1.29 is 19.3 Å². The summed E-state index contributed by atoms with van der Waals surface area (Å²) in [4.78, 5) is 0. The maximum atomic E-state index is 10.4. The van der Waals surface area contributed by atoms with E-state index in [0.717, 1.165) is 17.7 Å². The molecule has 122 valence electrons. The summed E-state index contributed by atoms with van der Waals surface area (Å²) in [6.45, 7) is 1.81. The molecule has 23 heavy (non-hydrogen) atoms. The summed E-state index contributed by atoms with van der Waals surface area (Å²) in [5.41, 5.74) is 2.47. The molecule has 0 heterocycles. The molecule has 0 saturated heterocycles. The van der Waals surface area contributed by atoms with E-state index in [9.17, 15) is 5.11 Å². The predicted octanol–water partition coefficient (Wildman–Crippen LogP) is 3.98. The van der Waals surface area contributed by atoms with Gasteiger partial charge in [-0.3, -0.25) is 0 Å². The lowest BCUT2D eigenvalue weighted by Gasteiger charge is -2.13. The molecule has 0 amide bonds. The van der Waals surface area contributed by atoms with Gasteiger partial charge in [0, 0.05) is 11.6 Å². The largest absolute Gasteiger partial charge is 0.507 e. The SMILES string of the molecule is COc1cccc(C/C=C/c2c(OC)cc(OC)c(C)c2O)c1. The standard InChI is InChI=1S/C19H22O4/c1-13-17(22-3)12-18(23-4)16(19(13)20)10-6-8-14-7-5-9-15(11-14)21-2/h5-7,9-12,20H,8H2,1-4H3/b10-6+. The van der Waals surface area contributed by atoms with Crippen molar-refractivity contribution in [2.24, 2.45) is 0 Å². The summed E-state index contributed by atoms with van der Waals surface area (Å²) in [7, 11) is 4.79. The quantitative estimate of drug-likeness (QED) is 0.876. The van der Waals surface area contributed by atoms with Gasteiger partial charge in [0.1, 0.15) is 23.0 Å². The van der Waals surface area contributed by atoms with Crippen LogP contribution >= 0.6 is 0 Å². The van der Waals surface area contributed by atoms with Gasteiger partial charge in [-0.15, -0.1) is 0 Å². The molecule has 0 atom stereocenters. The number of phenolic OH excluding ortho intramolecular Hbond substituents is 1. The molecule has 0 fully saturated rings. The van der Waals surface area contributed by atoms with Crippen LogP contribution in [0.5, 0.6) is 23.0 Å². The number of aromatic hydroxyl groups is 1. The molecule has 2 aromatic carbocycles. The van der Waals surface area contributed by atoms with Crippen LogP contribution in [0.4, 0.5) is 0 Å². The summed E-state index contributed by atoms with van der Waals surface area (Å²) < 4.78 is 15.8. The van der Waals surface area contributed by atoms with Crippen molar-refractivity contribution in [2.75, 3.05) is 21.3 Å². The van der Waals surface area contributed by atoms with Crippen LogP contribution < -0.4 is 14.2 Å². The van der Waals surface area contributed by atoms with Gasteiger partial charge < -0.3 is 19.3 Å². The first-order valence-electron chi connectivity index (χ1n) is 7.34. The van der Waals surface area contributed by atoms with E-state index < -0.39 is 0 Å². The van der Waals surface area contributed by atoms with Crippen LogP contribution in [0.3, 0.4) is 0 Å². The summed E-state index contributed by atoms with van der Waals surface area (Å²) in [6.07, 6.45) is 4.57. The molecule has 4 nitrogen and oxygen atoms in total. The monoisotopic (exact) mass is 314 g/mol. The molecule has 0 spiro atoms. The first-order chi connectivity index (χ1) is 11.1. The van der Waals surface area contributed by atoms with Crippen molar-refractivity contribution >= 4 is 6.08 Å². The molecule has 2 rings (SSSR count). The summed E-state index contributed by atoms with van der Waals surface area (Å²) >= 11 is 0. The van der Waals surface area contributed by atoms with E-state index in [2.05, 4.69) is 0 Å². The molecule has 0 aliphatic heterocycles. The number of allylic oxidation sites excluding steroid dienone is 1. The highest BCUT2D eigenvalue weighted by atomic mass is 16.5. The maximum absolute atomic E-state index is 10.4. The van der Waals surface area contributed by atoms with Crippen LogP contribution in [-0.2, 0) is 6.42 Å². The van der Waals surface area contributed by atoms with Crippen LogP contribution in [0.25, 0.3) is 6.08 Å². The van der Waals surface area contributed by atoms with Gasteiger partial charge in [-0.1, -0.05) is 24.3 Å². The Labute approximate surface area is 136 Å². The number of phenols is 1. The minimum Gasteiger partial charge on any atom is -0.507 e. The highest BCUT2D eigenvalue weighted by Crippen LogP contribution is 2.38. The zero-order chi connectivity index (χ0) is 16.8. The van der Waals surface area contributed by atoms with Crippen molar-refractivity contribution in [3.8, 4) is 23.0 Å². The van der Waals surface area contributed by atoms with Gasteiger partial charge in [-0.2, -0.15) is 0 Å². The molecule has 0 aliphatic rings. The maximum Gasteiger partial charge on any atom is 0.133 e. The average molecular weight is 314 g/mol. The average Bonchev–Trinajstić information content (AvgIpc) is 2.59. The first kappa shape index (κ1) is 16.7. The Bertz CT molecular complexity index is 705. The van der Waals surface area contributed by atoms with Crippen LogP contribution in [0.2, 0.25) is 0 Å². The van der Waals surface area contributed by atoms with Crippen LogP contribution in [0.15, 0.2) is 36.4 Å². The van der Waals surface area contributed by atoms with E-state index in [1.165, 1.54) is 0 Å². The van der Waals surface area contributed by atoms with Gasteiger partial charge in [-0.05, 0) is 31.0 Å². The second kappa shape index (κ2) is 7.58. The van der Waals surface area contributed by atoms with Crippen molar-refractivity contribution in [3.63, 3.8) is 0 Å². The van der Waals surface area contributed by atoms with Gasteiger partial charge in [0.25, 0.3) is 0 Å². The number of rotatable bonds is 6. The fourth-order valence-corrected chi connectivity index (χ4v) is 2.39. The zero-order valence-corrected chi connectivity index (χ0v) is 13.9. The van der Waals surface area contributed by atoms with Gasteiger partial charge in [0.05, 0.1) is 26.9 Å². The number of hydrogen-bond acceptors (Lipinski definition) is 4. The molecule has 0 aromatic heterocycles. The fraction of sp³-hybridized carbons (Fsp3) is 0.263. The Morgan fingerprint density at radius 2 is 1.74 bits per heavy atom. The van der Waals surface area contributed by atoms with Gasteiger partial charge in [-0.25, -0.2) is 0 Å². The highest BCUT2D eigenvalue weighted by Gasteiger charge is 2.14.